The predicted molar refractivity (Wildman–Crippen MR) is 45.2 cm³/mol. The molecule has 66 valence electrons. The molecule has 0 heterocycles. The molecule has 0 amide bonds. The van der Waals surface area contributed by atoms with Gasteiger partial charge in [0.25, 0.3) is 0 Å². The molecule has 3 heteroatoms. The van der Waals surface area contributed by atoms with Crippen LogP contribution in [0.15, 0.2) is 12.3 Å². The second-order valence-corrected chi connectivity index (χ2v) is 2.18. The van der Waals surface area contributed by atoms with Gasteiger partial charge in [0.1, 0.15) is 6.10 Å². The second-order valence-electron chi connectivity index (χ2n) is 2.18. The van der Waals surface area contributed by atoms with E-state index in [4.69, 9.17) is 11.2 Å². The zero-order chi connectivity index (χ0) is 9.40. The molecule has 0 N–H and O–H groups in total. The van der Waals surface area contributed by atoms with Gasteiger partial charge in [-0.25, -0.2) is 4.79 Å². The van der Waals surface area contributed by atoms with Crippen LogP contribution in [0.3, 0.4) is 0 Å². The van der Waals surface area contributed by atoms with Gasteiger partial charge in [-0.3, -0.25) is 0 Å². The van der Waals surface area contributed by atoms with Crippen molar-refractivity contribution >= 4 is 5.97 Å². The largest absolute Gasteiger partial charge is 0.497 e. The molecule has 0 fully saturated rings. The number of hydrogen-bond acceptors (Lipinski definition) is 3. The summed E-state index contributed by atoms with van der Waals surface area (Å²) in [7, 11) is 1.30. The Bertz CT molecular complexity index is 200. The molecule has 12 heavy (non-hydrogen) atoms. The lowest BCUT2D eigenvalue weighted by Crippen LogP contribution is -2.02. The molecular formula is C9H12O3. The van der Waals surface area contributed by atoms with Gasteiger partial charge < -0.3 is 9.47 Å². The molecule has 0 aromatic carbocycles. The van der Waals surface area contributed by atoms with E-state index in [2.05, 4.69) is 10.7 Å². The highest BCUT2D eigenvalue weighted by Gasteiger charge is 1.96. The topological polar surface area (TPSA) is 35.5 Å². The lowest BCUT2D eigenvalue weighted by Gasteiger charge is -2.05. The Morgan fingerprint density at radius 1 is 1.75 bits per heavy atom. The summed E-state index contributed by atoms with van der Waals surface area (Å²) in [5.41, 5.74) is 0. The molecule has 0 radical (unpaired) electrons. The van der Waals surface area contributed by atoms with Gasteiger partial charge in [0, 0.05) is 6.42 Å². The Labute approximate surface area is 72.4 Å². The van der Waals surface area contributed by atoms with Gasteiger partial charge in [0.2, 0.25) is 0 Å². The average Bonchev–Trinajstić information content (AvgIpc) is 2.04. The Hall–Kier alpha value is -1.43. The van der Waals surface area contributed by atoms with Crippen molar-refractivity contribution in [3.05, 3.63) is 12.3 Å². The van der Waals surface area contributed by atoms with Crippen molar-refractivity contribution in [1.29, 1.82) is 0 Å². The average molecular weight is 168 g/mol. The first kappa shape index (κ1) is 10.6. The van der Waals surface area contributed by atoms with Crippen molar-refractivity contribution in [3.8, 4) is 12.3 Å². The number of hydrogen-bond donors (Lipinski definition) is 0. The summed E-state index contributed by atoms with van der Waals surface area (Å²) in [4.78, 5) is 10.5. The molecule has 1 atom stereocenters. The summed E-state index contributed by atoms with van der Waals surface area (Å²) in [6.07, 6.45) is 7.97. The van der Waals surface area contributed by atoms with E-state index in [0.29, 0.717) is 6.42 Å². The fourth-order valence-electron chi connectivity index (χ4n) is 0.511. The third kappa shape index (κ3) is 5.36. The van der Waals surface area contributed by atoms with E-state index in [-0.39, 0.29) is 6.10 Å². The van der Waals surface area contributed by atoms with E-state index in [1.54, 1.807) is 0 Å². The minimum atomic E-state index is -0.442. The zero-order valence-electron chi connectivity index (χ0n) is 7.24. The number of rotatable bonds is 4. The van der Waals surface area contributed by atoms with Crippen LogP contribution in [0.25, 0.3) is 0 Å². The molecular weight excluding hydrogens is 156 g/mol. The Balaban J connectivity index is 3.61. The predicted octanol–water partition coefficient (Wildman–Crippen LogP) is 1.10. The molecule has 0 rings (SSSR count). The minimum Gasteiger partial charge on any atom is -0.497 e. The Kier molecular flexibility index (Phi) is 5.54. The van der Waals surface area contributed by atoms with Crippen LogP contribution in [-0.4, -0.2) is 19.2 Å². The molecule has 0 unspecified atom stereocenters. The number of ether oxygens (including phenoxy) is 2. The van der Waals surface area contributed by atoms with Crippen LogP contribution in [-0.2, 0) is 14.3 Å². The van der Waals surface area contributed by atoms with Crippen LogP contribution in [0.1, 0.15) is 13.3 Å². The molecule has 0 bridgehead atoms. The van der Waals surface area contributed by atoms with Crippen molar-refractivity contribution in [2.24, 2.45) is 0 Å². The number of carbonyl (C=O) groups is 1. The highest BCUT2D eigenvalue weighted by molar-refractivity contribution is 5.81. The molecule has 0 spiro atoms. The summed E-state index contributed by atoms with van der Waals surface area (Å²) in [5, 5.41) is 0. The zero-order valence-corrected chi connectivity index (χ0v) is 7.24. The van der Waals surface area contributed by atoms with Crippen LogP contribution >= 0.6 is 0 Å². The van der Waals surface area contributed by atoms with Gasteiger partial charge in [-0.1, -0.05) is 0 Å². The molecule has 0 aromatic rings. The lowest BCUT2D eigenvalue weighted by molar-refractivity contribution is -0.135. The highest BCUT2D eigenvalue weighted by atomic mass is 16.5. The third-order valence-electron chi connectivity index (χ3n) is 1.12. The number of terminal acetylenes is 1. The van der Waals surface area contributed by atoms with E-state index in [1.165, 1.54) is 19.4 Å². The van der Waals surface area contributed by atoms with Gasteiger partial charge in [-0.2, -0.15) is 0 Å². The molecule has 0 aliphatic carbocycles. The SMILES string of the molecule is C#CC[C@H](C)O/C=C/C(=O)OC. The maximum Gasteiger partial charge on any atom is 0.333 e. The molecule has 0 saturated carbocycles. The summed E-state index contributed by atoms with van der Waals surface area (Å²) in [5.74, 6) is 2.00. The molecule has 0 aromatic heterocycles. The van der Waals surface area contributed by atoms with Gasteiger partial charge in [0.05, 0.1) is 19.4 Å². The second kappa shape index (κ2) is 6.29. The number of methoxy groups -OCH3 is 1. The molecule has 0 aliphatic rings. The van der Waals surface area contributed by atoms with Crippen LogP contribution < -0.4 is 0 Å². The van der Waals surface area contributed by atoms with Crippen LogP contribution in [0.5, 0.6) is 0 Å². The molecule has 0 saturated heterocycles. The van der Waals surface area contributed by atoms with E-state index >= 15 is 0 Å². The lowest BCUT2D eigenvalue weighted by atomic mass is 10.3. The smallest absolute Gasteiger partial charge is 0.333 e. The quantitative estimate of drug-likeness (QED) is 0.273. The third-order valence-corrected chi connectivity index (χ3v) is 1.12. The van der Waals surface area contributed by atoms with Gasteiger partial charge in [-0.05, 0) is 6.92 Å². The first-order chi connectivity index (χ1) is 5.70. The van der Waals surface area contributed by atoms with E-state index < -0.39 is 5.97 Å². The van der Waals surface area contributed by atoms with Gasteiger partial charge >= 0.3 is 5.97 Å². The maximum atomic E-state index is 10.5. The first-order valence-corrected chi connectivity index (χ1v) is 3.54. The molecule has 0 aliphatic heterocycles. The number of carbonyl (C=O) groups excluding carboxylic acids is 1. The summed E-state index contributed by atoms with van der Waals surface area (Å²) in [6, 6.07) is 0. The molecule has 3 nitrogen and oxygen atoms in total. The van der Waals surface area contributed by atoms with Crippen LogP contribution in [0.4, 0.5) is 0 Å². The summed E-state index contributed by atoms with van der Waals surface area (Å²) in [6.45, 7) is 1.82. The fourth-order valence-corrected chi connectivity index (χ4v) is 0.511. The van der Waals surface area contributed by atoms with E-state index in [9.17, 15) is 4.79 Å². The fraction of sp³-hybridized carbons (Fsp3) is 0.444. The summed E-state index contributed by atoms with van der Waals surface area (Å²) < 4.78 is 9.38. The minimum absolute atomic E-state index is 0.0732. The van der Waals surface area contributed by atoms with Crippen LogP contribution in [0.2, 0.25) is 0 Å². The van der Waals surface area contributed by atoms with Crippen molar-refractivity contribution in [2.45, 2.75) is 19.4 Å². The van der Waals surface area contributed by atoms with Crippen molar-refractivity contribution < 1.29 is 14.3 Å². The van der Waals surface area contributed by atoms with Gasteiger partial charge in [0.15, 0.2) is 0 Å². The first-order valence-electron chi connectivity index (χ1n) is 3.54. The van der Waals surface area contributed by atoms with Gasteiger partial charge in [-0.15, -0.1) is 12.3 Å². The van der Waals surface area contributed by atoms with Crippen molar-refractivity contribution in [1.82, 2.24) is 0 Å². The standard InChI is InChI=1S/C9H12O3/c1-4-5-8(2)12-7-6-9(10)11-3/h1,6-8H,5H2,2-3H3/b7-6+/t8-/m0/s1. The summed E-state index contributed by atoms with van der Waals surface area (Å²) >= 11 is 0. The number of esters is 1. The van der Waals surface area contributed by atoms with Crippen LogP contribution in [0, 0.1) is 12.3 Å². The maximum absolute atomic E-state index is 10.5. The monoisotopic (exact) mass is 168 g/mol. The van der Waals surface area contributed by atoms with E-state index in [0.717, 1.165) is 0 Å². The normalized spacial score (nSPS) is 12.1. The Morgan fingerprint density at radius 2 is 2.42 bits per heavy atom. The van der Waals surface area contributed by atoms with E-state index in [1.807, 2.05) is 6.92 Å². The van der Waals surface area contributed by atoms with Crippen molar-refractivity contribution in [3.63, 3.8) is 0 Å². The highest BCUT2D eigenvalue weighted by Crippen LogP contribution is 1.95. The van der Waals surface area contributed by atoms with Crippen molar-refractivity contribution in [2.75, 3.05) is 7.11 Å². The Morgan fingerprint density at radius 3 is 2.92 bits per heavy atom.